The van der Waals surface area contributed by atoms with E-state index in [2.05, 4.69) is 16.3 Å². The number of piperazine rings is 1. The third-order valence-corrected chi connectivity index (χ3v) is 4.91. The summed E-state index contributed by atoms with van der Waals surface area (Å²) in [6, 6.07) is 5.80. The van der Waals surface area contributed by atoms with Gasteiger partial charge in [0, 0.05) is 43.9 Å². The molecule has 2 aliphatic rings. The van der Waals surface area contributed by atoms with Crippen molar-refractivity contribution >= 4 is 0 Å². The number of nitriles is 1. The van der Waals surface area contributed by atoms with E-state index >= 15 is 0 Å². The van der Waals surface area contributed by atoms with Gasteiger partial charge in [0.05, 0.1) is 18.7 Å². The molecule has 1 aliphatic heterocycles. The van der Waals surface area contributed by atoms with E-state index in [0.717, 1.165) is 31.7 Å². The molecule has 0 spiro atoms. The lowest BCUT2D eigenvalue weighted by molar-refractivity contribution is 0.0816. The molecule has 0 aromatic heterocycles. The van der Waals surface area contributed by atoms with Crippen LogP contribution in [0.5, 0.6) is 11.5 Å². The van der Waals surface area contributed by atoms with E-state index in [4.69, 9.17) is 4.74 Å². The molecule has 0 radical (unpaired) electrons. The highest BCUT2D eigenvalue weighted by atomic mass is 16.5. The largest absolute Gasteiger partial charge is 0.504 e. The Labute approximate surface area is 131 Å². The van der Waals surface area contributed by atoms with Gasteiger partial charge in [-0.15, -0.1) is 0 Å². The zero-order chi connectivity index (χ0) is 15.5. The first-order valence-corrected chi connectivity index (χ1v) is 8.00. The molecule has 1 aromatic carbocycles. The van der Waals surface area contributed by atoms with E-state index in [-0.39, 0.29) is 11.8 Å². The number of nitrogens with one attached hydrogen (secondary N) is 1. The molecule has 1 saturated carbocycles. The highest BCUT2D eigenvalue weighted by Crippen LogP contribution is 2.46. The fraction of sp³-hybridized carbons (Fsp3) is 0.588. The second-order valence-electron chi connectivity index (χ2n) is 6.15. The molecule has 0 bridgehead atoms. The van der Waals surface area contributed by atoms with Crippen molar-refractivity contribution in [1.82, 2.24) is 10.2 Å². The molecule has 1 saturated heterocycles. The lowest BCUT2D eigenvalue weighted by Crippen LogP contribution is -2.47. The number of rotatable bonds is 4. The average Bonchev–Trinajstić information content (AvgIpc) is 2.52. The molecule has 0 unspecified atom stereocenters. The van der Waals surface area contributed by atoms with Crippen molar-refractivity contribution in [1.29, 1.82) is 5.26 Å². The van der Waals surface area contributed by atoms with Crippen LogP contribution in [-0.4, -0.2) is 43.3 Å². The maximum atomic E-state index is 10.6. The normalized spacial score (nSPS) is 20.9. The van der Waals surface area contributed by atoms with Crippen LogP contribution in [0.15, 0.2) is 12.1 Å². The summed E-state index contributed by atoms with van der Waals surface area (Å²) in [5.41, 5.74) is 1.40. The Balaban J connectivity index is 2.01. The van der Waals surface area contributed by atoms with E-state index in [1.807, 2.05) is 6.07 Å². The molecule has 3 rings (SSSR count). The molecule has 0 amide bonds. The Kier molecular flexibility index (Phi) is 4.51. The first kappa shape index (κ1) is 15.1. The number of benzene rings is 1. The minimum absolute atomic E-state index is 0.179. The van der Waals surface area contributed by atoms with E-state index in [1.165, 1.54) is 26.4 Å². The van der Waals surface area contributed by atoms with Gasteiger partial charge in [0.25, 0.3) is 0 Å². The Hall–Kier alpha value is -1.77. The van der Waals surface area contributed by atoms with Crippen molar-refractivity contribution in [2.75, 3.05) is 33.3 Å². The van der Waals surface area contributed by atoms with Gasteiger partial charge in [0.1, 0.15) is 0 Å². The van der Waals surface area contributed by atoms with Crippen LogP contribution in [0.4, 0.5) is 0 Å². The number of phenols is 1. The molecule has 2 N–H and O–H groups in total. The summed E-state index contributed by atoms with van der Waals surface area (Å²) in [4.78, 5) is 2.44. The molecule has 5 nitrogen and oxygen atoms in total. The molecular weight excluding hydrogens is 278 g/mol. The molecule has 2 fully saturated rings. The van der Waals surface area contributed by atoms with Crippen molar-refractivity contribution in [3.63, 3.8) is 0 Å². The molecule has 5 heteroatoms. The van der Waals surface area contributed by atoms with Gasteiger partial charge >= 0.3 is 0 Å². The van der Waals surface area contributed by atoms with Gasteiger partial charge in [-0.25, -0.2) is 0 Å². The molecular formula is C17H23N3O2. The van der Waals surface area contributed by atoms with Gasteiger partial charge < -0.3 is 15.2 Å². The van der Waals surface area contributed by atoms with Gasteiger partial charge in [-0.1, -0.05) is 6.42 Å². The predicted molar refractivity (Wildman–Crippen MR) is 83.9 cm³/mol. The maximum absolute atomic E-state index is 10.6. The van der Waals surface area contributed by atoms with E-state index < -0.39 is 0 Å². The summed E-state index contributed by atoms with van der Waals surface area (Å²) in [6.45, 7) is 3.89. The molecule has 1 aliphatic carbocycles. The average molecular weight is 301 g/mol. The molecule has 22 heavy (non-hydrogen) atoms. The minimum atomic E-state index is 0.179. The van der Waals surface area contributed by atoms with Crippen molar-refractivity contribution in [3.05, 3.63) is 23.3 Å². The van der Waals surface area contributed by atoms with Crippen LogP contribution < -0.4 is 10.1 Å². The Morgan fingerprint density at radius 2 is 2.09 bits per heavy atom. The monoisotopic (exact) mass is 301 g/mol. The number of phenolic OH excluding ortho intramolecular Hbond substituents is 1. The number of ether oxygens (including phenoxy) is 1. The fourth-order valence-electron chi connectivity index (χ4n) is 3.54. The molecule has 118 valence electrons. The molecule has 1 aromatic rings. The van der Waals surface area contributed by atoms with Crippen molar-refractivity contribution in [3.8, 4) is 17.6 Å². The highest BCUT2D eigenvalue weighted by molar-refractivity contribution is 5.53. The second kappa shape index (κ2) is 6.55. The second-order valence-corrected chi connectivity index (χ2v) is 6.15. The zero-order valence-corrected chi connectivity index (χ0v) is 13.0. The van der Waals surface area contributed by atoms with Crippen molar-refractivity contribution in [2.45, 2.75) is 25.3 Å². The summed E-state index contributed by atoms with van der Waals surface area (Å²) in [5.74, 6) is 1.15. The van der Waals surface area contributed by atoms with Gasteiger partial charge in [0.2, 0.25) is 0 Å². The number of methoxy groups -OCH3 is 1. The van der Waals surface area contributed by atoms with Crippen molar-refractivity contribution < 1.29 is 9.84 Å². The van der Waals surface area contributed by atoms with Crippen LogP contribution >= 0.6 is 0 Å². The summed E-state index contributed by atoms with van der Waals surface area (Å²) in [7, 11) is 1.53. The third-order valence-electron chi connectivity index (χ3n) is 4.91. The Bertz CT molecular complexity index is 572. The van der Waals surface area contributed by atoms with Crippen LogP contribution in [-0.2, 0) is 0 Å². The van der Waals surface area contributed by atoms with Gasteiger partial charge in [-0.2, -0.15) is 5.26 Å². The molecule has 1 heterocycles. The van der Waals surface area contributed by atoms with E-state index in [9.17, 15) is 10.4 Å². The van der Waals surface area contributed by atoms with Gasteiger partial charge in [-0.05, 0) is 24.8 Å². The minimum Gasteiger partial charge on any atom is -0.504 e. The van der Waals surface area contributed by atoms with Crippen molar-refractivity contribution in [2.24, 2.45) is 5.92 Å². The summed E-state index contributed by atoms with van der Waals surface area (Å²) in [5, 5.41) is 23.2. The van der Waals surface area contributed by atoms with E-state index in [1.54, 1.807) is 6.07 Å². The SMILES string of the molecule is COc1cc(C#N)cc([C@@H](C2CCC2)N2CCNCC2)c1O. The number of aromatic hydroxyl groups is 1. The smallest absolute Gasteiger partial charge is 0.162 e. The van der Waals surface area contributed by atoms with Gasteiger partial charge in [0.15, 0.2) is 11.5 Å². The van der Waals surface area contributed by atoms with Crippen LogP contribution in [0.25, 0.3) is 0 Å². The standard InChI is InChI=1S/C17H23N3O2/c1-22-15-10-12(11-18)9-14(17(15)21)16(13-3-2-4-13)20-7-5-19-6-8-20/h9-10,13,16,19,21H,2-8H2,1H3/t16-/m1/s1. The maximum Gasteiger partial charge on any atom is 0.162 e. The van der Waals surface area contributed by atoms with Crippen LogP contribution in [0.3, 0.4) is 0 Å². The summed E-state index contributed by atoms with van der Waals surface area (Å²) in [6.07, 6.45) is 3.63. The van der Waals surface area contributed by atoms with Gasteiger partial charge in [-0.3, -0.25) is 4.90 Å². The quantitative estimate of drug-likeness (QED) is 0.890. The van der Waals surface area contributed by atoms with Crippen LogP contribution in [0, 0.1) is 17.2 Å². The Morgan fingerprint density at radius 1 is 1.36 bits per heavy atom. The highest BCUT2D eigenvalue weighted by Gasteiger charge is 2.35. The number of hydrogen-bond donors (Lipinski definition) is 2. The zero-order valence-electron chi connectivity index (χ0n) is 13.0. The van der Waals surface area contributed by atoms with Crippen LogP contribution in [0.1, 0.15) is 36.4 Å². The first-order chi connectivity index (χ1) is 10.7. The topological polar surface area (TPSA) is 68.5 Å². The molecule has 1 atom stereocenters. The summed E-state index contributed by atoms with van der Waals surface area (Å²) < 4.78 is 5.27. The predicted octanol–water partition coefficient (Wildman–Crippen LogP) is 2.02. The first-order valence-electron chi connectivity index (χ1n) is 8.00. The number of nitrogens with zero attached hydrogens (tertiary/aromatic N) is 2. The Morgan fingerprint density at radius 3 is 2.64 bits per heavy atom. The lowest BCUT2D eigenvalue weighted by atomic mass is 9.75. The summed E-state index contributed by atoms with van der Waals surface area (Å²) >= 11 is 0. The van der Waals surface area contributed by atoms with E-state index in [0.29, 0.717) is 17.2 Å². The lowest BCUT2D eigenvalue weighted by Gasteiger charge is -2.43. The van der Waals surface area contributed by atoms with Crippen LogP contribution in [0.2, 0.25) is 0 Å². The fourth-order valence-corrected chi connectivity index (χ4v) is 3.54. The third kappa shape index (κ3) is 2.77. The number of hydrogen-bond acceptors (Lipinski definition) is 5.